The van der Waals surface area contributed by atoms with Gasteiger partial charge in [-0.05, 0) is 38.3 Å². The van der Waals surface area contributed by atoms with Crippen molar-refractivity contribution in [1.82, 2.24) is 9.80 Å². The van der Waals surface area contributed by atoms with Crippen molar-refractivity contribution < 1.29 is 24.3 Å². The molecule has 2 amide bonds. The summed E-state index contributed by atoms with van der Waals surface area (Å²) in [5, 5.41) is 9.00. The quantitative estimate of drug-likeness (QED) is 0.808. The number of rotatable bonds is 5. The zero-order valence-electron chi connectivity index (χ0n) is 15.1. The zero-order chi connectivity index (χ0) is 19.3. The molecule has 0 bridgehead atoms. The van der Waals surface area contributed by atoms with Crippen LogP contribution in [0.1, 0.15) is 53.8 Å². The van der Waals surface area contributed by atoms with Crippen molar-refractivity contribution in [3.8, 4) is 0 Å². The maximum Gasteiger partial charge on any atom is 0.323 e. The topological polar surface area (TPSA) is 95.0 Å². The Morgan fingerprint density at radius 2 is 1.65 bits per heavy atom. The summed E-state index contributed by atoms with van der Waals surface area (Å²) in [6.45, 7) is 3.54. The van der Waals surface area contributed by atoms with Gasteiger partial charge in [-0.15, -0.1) is 0 Å². The number of nitrogens with zero attached hydrogens (tertiary/aromatic N) is 2. The number of hydrogen-bond donors (Lipinski definition) is 1. The molecule has 1 aromatic carbocycles. The fourth-order valence-electron chi connectivity index (χ4n) is 3.27. The van der Waals surface area contributed by atoms with Crippen molar-refractivity contribution in [3.63, 3.8) is 0 Å². The van der Waals surface area contributed by atoms with Crippen molar-refractivity contribution >= 4 is 23.6 Å². The summed E-state index contributed by atoms with van der Waals surface area (Å²) in [6, 6.07) is 6.39. The fourth-order valence-corrected chi connectivity index (χ4v) is 3.27. The van der Waals surface area contributed by atoms with E-state index in [-0.39, 0.29) is 30.2 Å². The molecule has 7 nitrogen and oxygen atoms in total. The molecule has 1 aliphatic heterocycles. The van der Waals surface area contributed by atoms with E-state index < -0.39 is 5.97 Å². The molecule has 140 valence electrons. The molecule has 0 spiro atoms. The highest BCUT2D eigenvalue weighted by Gasteiger charge is 2.27. The third kappa shape index (κ3) is 4.91. The number of carboxylic acid groups (broad SMARTS) is 1. The highest BCUT2D eigenvalue weighted by atomic mass is 16.4. The number of hydrogen-bond acceptors (Lipinski definition) is 4. The predicted octanol–water partition coefficient (Wildman–Crippen LogP) is 1.82. The van der Waals surface area contributed by atoms with Gasteiger partial charge >= 0.3 is 5.97 Å². The van der Waals surface area contributed by atoms with Crippen molar-refractivity contribution in [1.29, 1.82) is 0 Å². The largest absolute Gasteiger partial charge is 0.480 e. The molecule has 7 heteroatoms. The van der Waals surface area contributed by atoms with E-state index in [0.29, 0.717) is 43.5 Å². The van der Waals surface area contributed by atoms with Gasteiger partial charge in [-0.25, -0.2) is 0 Å². The Bertz CT molecular complexity index is 698. The monoisotopic (exact) mass is 360 g/mol. The summed E-state index contributed by atoms with van der Waals surface area (Å²) in [6.07, 6.45) is 1.91. The average molecular weight is 360 g/mol. The van der Waals surface area contributed by atoms with Crippen molar-refractivity contribution in [3.05, 3.63) is 35.4 Å². The third-order valence-electron chi connectivity index (χ3n) is 4.67. The minimum atomic E-state index is -1.04. The van der Waals surface area contributed by atoms with Crippen LogP contribution in [0.15, 0.2) is 24.3 Å². The average Bonchev–Trinajstić information content (AvgIpc) is 2.84. The van der Waals surface area contributed by atoms with E-state index in [0.717, 1.165) is 0 Å². The molecule has 26 heavy (non-hydrogen) atoms. The number of carbonyl (C=O) groups excluding carboxylic acids is 3. The lowest BCUT2D eigenvalue weighted by Crippen LogP contribution is -2.43. The highest BCUT2D eigenvalue weighted by Crippen LogP contribution is 2.19. The second kappa shape index (κ2) is 8.60. The van der Waals surface area contributed by atoms with Gasteiger partial charge in [0.1, 0.15) is 6.54 Å². The lowest BCUT2D eigenvalue weighted by Gasteiger charge is -2.28. The van der Waals surface area contributed by atoms with Crippen LogP contribution in [0, 0.1) is 0 Å². The van der Waals surface area contributed by atoms with Gasteiger partial charge < -0.3 is 14.9 Å². The highest BCUT2D eigenvalue weighted by molar-refractivity contribution is 5.97. The van der Waals surface area contributed by atoms with Crippen LogP contribution < -0.4 is 0 Å². The van der Waals surface area contributed by atoms with Gasteiger partial charge in [0.25, 0.3) is 5.91 Å². The van der Waals surface area contributed by atoms with Crippen molar-refractivity contribution in [2.75, 3.05) is 19.6 Å². The minimum absolute atomic E-state index is 0.0515. The number of ketones is 1. The molecule has 0 saturated carbocycles. The molecule has 1 aliphatic rings. The van der Waals surface area contributed by atoms with E-state index in [2.05, 4.69) is 0 Å². The Kier molecular flexibility index (Phi) is 6.49. The number of carbonyl (C=O) groups is 4. The van der Waals surface area contributed by atoms with Crippen LogP contribution in [0.5, 0.6) is 0 Å². The normalized spacial score (nSPS) is 17.3. The smallest absolute Gasteiger partial charge is 0.323 e. The molecule has 1 N–H and O–H groups in total. The van der Waals surface area contributed by atoms with E-state index in [1.807, 2.05) is 0 Å². The summed E-state index contributed by atoms with van der Waals surface area (Å²) >= 11 is 0. The first kappa shape index (κ1) is 19.6. The van der Waals surface area contributed by atoms with Crippen LogP contribution in [0.4, 0.5) is 0 Å². The number of aliphatic carboxylic acids is 1. The van der Waals surface area contributed by atoms with Gasteiger partial charge in [0, 0.05) is 37.2 Å². The Hall–Kier alpha value is -2.70. The number of carboxylic acids is 1. The molecule has 1 aromatic rings. The second-order valence-electron chi connectivity index (χ2n) is 6.55. The number of amides is 2. The van der Waals surface area contributed by atoms with Gasteiger partial charge in [-0.2, -0.15) is 0 Å². The van der Waals surface area contributed by atoms with Crippen molar-refractivity contribution in [2.45, 2.75) is 39.2 Å². The van der Waals surface area contributed by atoms with Crippen molar-refractivity contribution in [2.24, 2.45) is 0 Å². The van der Waals surface area contributed by atoms with Gasteiger partial charge in [0.05, 0.1) is 0 Å². The van der Waals surface area contributed by atoms with E-state index in [9.17, 15) is 19.2 Å². The molecule has 1 fully saturated rings. The van der Waals surface area contributed by atoms with E-state index >= 15 is 0 Å². The molecule has 0 aromatic heterocycles. The van der Waals surface area contributed by atoms with Gasteiger partial charge in [0.2, 0.25) is 5.91 Å². The Labute approximate surface area is 152 Å². The van der Waals surface area contributed by atoms with Gasteiger partial charge in [-0.1, -0.05) is 12.1 Å². The summed E-state index contributed by atoms with van der Waals surface area (Å²) in [5.41, 5.74) is 1.07. The Morgan fingerprint density at radius 1 is 1.04 bits per heavy atom. The SMILES string of the molecule is CC(=O)c1ccc(C(=O)N2CCCC(N(CC(=O)O)C(C)=O)CC2)cc1. The summed E-state index contributed by atoms with van der Waals surface area (Å²) in [4.78, 5) is 49.9. The molecular weight excluding hydrogens is 336 g/mol. The molecule has 0 aliphatic carbocycles. The molecule has 0 radical (unpaired) electrons. The number of Topliss-reactive ketones (excluding diaryl/α,β-unsaturated/α-hetero) is 1. The maximum atomic E-state index is 12.7. The lowest BCUT2D eigenvalue weighted by molar-refractivity contribution is -0.145. The Balaban J connectivity index is 2.04. The molecule has 1 unspecified atom stereocenters. The lowest BCUT2D eigenvalue weighted by atomic mass is 10.1. The van der Waals surface area contributed by atoms with Crippen LogP contribution in [0.3, 0.4) is 0 Å². The number of likely N-dealkylation sites (tertiary alicyclic amines) is 1. The first-order valence-electron chi connectivity index (χ1n) is 8.69. The second-order valence-corrected chi connectivity index (χ2v) is 6.55. The molecule has 1 heterocycles. The van der Waals surface area contributed by atoms with Gasteiger partial charge in [0.15, 0.2) is 5.78 Å². The van der Waals surface area contributed by atoms with E-state index in [1.54, 1.807) is 29.2 Å². The molecule has 1 saturated heterocycles. The van der Waals surface area contributed by atoms with Gasteiger partial charge in [-0.3, -0.25) is 19.2 Å². The molecule has 2 rings (SSSR count). The molecule has 1 atom stereocenters. The van der Waals surface area contributed by atoms with E-state index in [4.69, 9.17) is 5.11 Å². The van der Waals surface area contributed by atoms with Crippen LogP contribution in [-0.2, 0) is 9.59 Å². The summed E-state index contributed by atoms with van der Waals surface area (Å²) in [7, 11) is 0. The van der Waals surface area contributed by atoms with Crippen LogP contribution >= 0.6 is 0 Å². The summed E-state index contributed by atoms with van der Waals surface area (Å²) in [5.74, 6) is -1.47. The summed E-state index contributed by atoms with van der Waals surface area (Å²) < 4.78 is 0. The zero-order valence-corrected chi connectivity index (χ0v) is 15.1. The Morgan fingerprint density at radius 3 is 2.19 bits per heavy atom. The van der Waals surface area contributed by atoms with Crippen LogP contribution in [0.25, 0.3) is 0 Å². The first-order chi connectivity index (χ1) is 12.3. The first-order valence-corrected chi connectivity index (χ1v) is 8.69. The van der Waals surface area contributed by atoms with Crippen LogP contribution in [-0.4, -0.2) is 64.1 Å². The number of benzene rings is 1. The molecular formula is C19H24N2O5. The van der Waals surface area contributed by atoms with Crippen LogP contribution in [0.2, 0.25) is 0 Å². The standard InChI is InChI=1S/C19H24N2O5/c1-13(22)15-5-7-16(8-6-15)19(26)20-10-3-4-17(9-11-20)21(14(2)23)12-18(24)25/h5-8,17H,3-4,9-12H2,1-2H3,(H,24,25). The predicted molar refractivity (Wildman–Crippen MR) is 95.0 cm³/mol. The third-order valence-corrected chi connectivity index (χ3v) is 4.67. The van der Waals surface area contributed by atoms with E-state index in [1.165, 1.54) is 18.7 Å². The minimum Gasteiger partial charge on any atom is -0.480 e. The maximum absolute atomic E-state index is 12.7. The fraction of sp³-hybridized carbons (Fsp3) is 0.474.